The highest BCUT2D eigenvalue weighted by atomic mass is 14.8. The van der Waals surface area contributed by atoms with Crippen molar-refractivity contribution in [3.05, 3.63) is 177 Å². The molecule has 4 heteroatoms. The molecule has 2 atom stereocenters. The SMILES string of the molecule is CCCCCc1nc2c(c(-c3ccccc3)c1CCCCC)CC[C@@]2(C#N)Cc1ccccc1.CCCCCc1nc2c(c(-c3ccccc3)c1CCCCC)CC[C@@]2(C#N)Cc1ccccc1. The van der Waals surface area contributed by atoms with Gasteiger partial charge in [0.05, 0.1) is 23.5 Å². The minimum atomic E-state index is -0.540. The highest BCUT2D eigenvalue weighted by molar-refractivity contribution is 5.76. The number of unbranched alkanes of at least 4 members (excludes halogenated alkanes) is 8. The summed E-state index contributed by atoms with van der Waals surface area (Å²) in [6.45, 7) is 9.06. The molecular weight excluding hydrogens is 825 g/mol. The van der Waals surface area contributed by atoms with E-state index in [4.69, 9.17) is 9.97 Å². The molecule has 2 heterocycles. The van der Waals surface area contributed by atoms with E-state index >= 15 is 0 Å². The van der Waals surface area contributed by atoms with Crippen molar-refractivity contribution in [2.45, 2.75) is 180 Å². The predicted molar refractivity (Wildman–Crippen MR) is 284 cm³/mol. The molecule has 68 heavy (non-hydrogen) atoms. The lowest BCUT2D eigenvalue weighted by atomic mass is 9.79. The van der Waals surface area contributed by atoms with E-state index in [0.29, 0.717) is 0 Å². The molecule has 2 aliphatic rings. The summed E-state index contributed by atoms with van der Waals surface area (Å²) in [7, 11) is 0. The van der Waals surface area contributed by atoms with Crippen molar-refractivity contribution >= 4 is 0 Å². The van der Waals surface area contributed by atoms with Gasteiger partial charge in [0.2, 0.25) is 0 Å². The summed E-state index contributed by atoms with van der Waals surface area (Å²) in [5.41, 5.74) is 16.9. The maximum absolute atomic E-state index is 10.5. The number of fused-ring (bicyclic) bond motifs is 2. The second kappa shape index (κ2) is 25.0. The smallest absolute Gasteiger partial charge is 0.104 e. The molecule has 0 saturated heterocycles. The topological polar surface area (TPSA) is 73.4 Å². The summed E-state index contributed by atoms with van der Waals surface area (Å²) in [4.78, 5) is 10.8. The van der Waals surface area contributed by atoms with Crippen LogP contribution < -0.4 is 0 Å². The number of pyridine rings is 2. The van der Waals surface area contributed by atoms with Crippen LogP contribution >= 0.6 is 0 Å². The van der Waals surface area contributed by atoms with E-state index in [1.807, 2.05) is 12.1 Å². The molecule has 0 N–H and O–H groups in total. The average molecular weight is 901 g/mol. The fourth-order valence-electron chi connectivity index (χ4n) is 11.2. The summed E-state index contributed by atoms with van der Waals surface area (Å²) >= 11 is 0. The van der Waals surface area contributed by atoms with E-state index in [9.17, 15) is 10.5 Å². The van der Waals surface area contributed by atoms with Crippen molar-refractivity contribution in [2.24, 2.45) is 0 Å². The Balaban J connectivity index is 0.000000201. The van der Waals surface area contributed by atoms with Gasteiger partial charge < -0.3 is 0 Å². The molecule has 0 saturated carbocycles. The number of aryl methyl sites for hydroxylation is 2. The highest BCUT2D eigenvalue weighted by Gasteiger charge is 2.44. The molecule has 0 bridgehead atoms. The van der Waals surface area contributed by atoms with Gasteiger partial charge in [0.25, 0.3) is 0 Å². The van der Waals surface area contributed by atoms with Crippen molar-refractivity contribution < 1.29 is 0 Å². The third-order valence-corrected chi connectivity index (χ3v) is 14.8. The molecular formula is C64H76N4. The van der Waals surface area contributed by atoms with Gasteiger partial charge in [0, 0.05) is 11.4 Å². The highest BCUT2D eigenvalue weighted by Crippen LogP contribution is 2.48. The minimum Gasteiger partial charge on any atom is -0.256 e. The van der Waals surface area contributed by atoms with Gasteiger partial charge in [-0.15, -0.1) is 0 Å². The van der Waals surface area contributed by atoms with E-state index < -0.39 is 10.8 Å². The number of benzene rings is 4. The number of hydrogen-bond donors (Lipinski definition) is 0. The quantitative estimate of drug-likeness (QED) is 0.0636. The maximum atomic E-state index is 10.5. The zero-order valence-electron chi connectivity index (χ0n) is 41.9. The maximum Gasteiger partial charge on any atom is 0.104 e. The molecule has 0 radical (unpaired) electrons. The molecule has 2 aromatic heterocycles. The second-order valence-corrected chi connectivity index (χ2v) is 19.8. The van der Waals surface area contributed by atoms with Gasteiger partial charge in [-0.05, 0) is 146 Å². The first-order chi connectivity index (χ1) is 33.4. The van der Waals surface area contributed by atoms with Crippen LogP contribution in [0.4, 0.5) is 0 Å². The fourth-order valence-corrected chi connectivity index (χ4v) is 11.2. The summed E-state index contributed by atoms with van der Waals surface area (Å²) in [6, 6.07) is 48.3. The number of nitrogens with zero attached hydrogens (tertiary/aromatic N) is 4. The van der Waals surface area contributed by atoms with Crippen molar-refractivity contribution in [2.75, 3.05) is 0 Å². The number of nitriles is 2. The average Bonchev–Trinajstić information content (AvgIpc) is 3.93. The lowest BCUT2D eigenvalue weighted by Gasteiger charge is -2.25. The summed E-state index contributed by atoms with van der Waals surface area (Å²) in [6.07, 6.45) is 23.8. The molecule has 0 aliphatic heterocycles. The van der Waals surface area contributed by atoms with Crippen LogP contribution in [0.2, 0.25) is 0 Å². The van der Waals surface area contributed by atoms with Crippen LogP contribution in [0.15, 0.2) is 121 Å². The Kier molecular flexibility index (Phi) is 18.4. The number of hydrogen-bond acceptors (Lipinski definition) is 4. The van der Waals surface area contributed by atoms with Crippen LogP contribution in [-0.4, -0.2) is 9.97 Å². The van der Waals surface area contributed by atoms with Crippen LogP contribution in [-0.2, 0) is 62.2 Å². The summed E-state index contributed by atoms with van der Waals surface area (Å²) in [5, 5.41) is 21.1. The van der Waals surface area contributed by atoms with Crippen LogP contribution in [0.1, 0.15) is 174 Å². The Bertz CT molecular complexity index is 2400. The first-order valence-corrected chi connectivity index (χ1v) is 26.6. The fraction of sp³-hybridized carbons (Fsp3) is 0.438. The third kappa shape index (κ3) is 11.7. The molecule has 0 unspecified atom stereocenters. The van der Waals surface area contributed by atoms with Gasteiger partial charge in [-0.1, -0.05) is 200 Å². The standard InChI is InChI=1S/2C32H38N2/c2*1-3-5-9-19-27-29(20-10-6-4-2)34-31-28(30(27)26-17-13-8-14-18-26)21-22-32(31,24-33)23-25-15-11-7-12-16-25/h2*7-8,11-18H,3-6,9-10,19-23H2,1-2H3/t2*32-/m00/s1. The Morgan fingerprint density at radius 3 is 1.07 bits per heavy atom. The van der Waals surface area contributed by atoms with Crippen LogP contribution in [0, 0.1) is 22.7 Å². The molecule has 0 amide bonds. The van der Waals surface area contributed by atoms with Crippen molar-refractivity contribution in [1.82, 2.24) is 9.97 Å². The molecule has 6 aromatic rings. The van der Waals surface area contributed by atoms with Gasteiger partial charge in [-0.25, -0.2) is 0 Å². The van der Waals surface area contributed by atoms with E-state index in [1.165, 1.54) is 131 Å². The minimum absolute atomic E-state index is 0.540. The van der Waals surface area contributed by atoms with E-state index in [0.717, 1.165) is 88.4 Å². The van der Waals surface area contributed by atoms with E-state index in [-0.39, 0.29) is 0 Å². The number of aromatic nitrogens is 2. The van der Waals surface area contributed by atoms with Crippen LogP contribution in [0.5, 0.6) is 0 Å². The first-order valence-electron chi connectivity index (χ1n) is 26.6. The zero-order chi connectivity index (χ0) is 47.6. The second-order valence-electron chi connectivity index (χ2n) is 19.8. The molecule has 2 aliphatic carbocycles. The van der Waals surface area contributed by atoms with Gasteiger partial charge in [-0.2, -0.15) is 10.5 Å². The van der Waals surface area contributed by atoms with Gasteiger partial charge in [0.15, 0.2) is 0 Å². The molecule has 352 valence electrons. The zero-order valence-corrected chi connectivity index (χ0v) is 41.9. The predicted octanol–water partition coefficient (Wildman–Crippen LogP) is 16.3. The van der Waals surface area contributed by atoms with Gasteiger partial charge in [0.1, 0.15) is 10.8 Å². The first kappa shape index (κ1) is 50.0. The Morgan fingerprint density at radius 1 is 0.426 bits per heavy atom. The number of rotatable bonds is 22. The van der Waals surface area contributed by atoms with Gasteiger partial charge >= 0.3 is 0 Å². The largest absolute Gasteiger partial charge is 0.256 e. The van der Waals surface area contributed by atoms with Gasteiger partial charge in [-0.3, -0.25) is 9.97 Å². The summed E-state index contributed by atoms with van der Waals surface area (Å²) < 4.78 is 0. The molecule has 4 nitrogen and oxygen atoms in total. The Labute approximate surface area is 410 Å². The molecule has 0 fully saturated rings. The van der Waals surface area contributed by atoms with E-state index in [1.54, 1.807) is 0 Å². The Morgan fingerprint density at radius 2 is 0.750 bits per heavy atom. The molecule has 4 aromatic carbocycles. The van der Waals surface area contributed by atoms with Crippen LogP contribution in [0.3, 0.4) is 0 Å². The normalized spacial score (nSPS) is 16.9. The monoisotopic (exact) mass is 901 g/mol. The molecule has 0 spiro atoms. The Hall–Kier alpha value is -5.84. The van der Waals surface area contributed by atoms with E-state index in [2.05, 4.69) is 149 Å². The van der Waals surface area contributed by atoms with Crippen molar-refractivity contribution in [3.8, 4) is 34.4 Å². The van der Waals surface area contributed by atoms with Crippen molar-refractivity contribution in [1.29, 1.82) is 10.5 Å². The third-order valence-electron chi connectivity index (χ3n) is 14.8. The lowest BCUT2D eigenvalue weighted by Crippen LogP contribution is -2.26. The summed E-state index contributed by atoms with van der Waals surface area (Å²) in [5.74, 6) is 0. The van der Waals surface area contributed by atoms with Crippen molar-refractivity contribution in [3.63, 3.8) is 0 Å². The molecule has 8 rings (SSSR count). The van der Waals surface area contributed by atoms with Crippen LogP contribution in [0.25, 0.3) is 22.3 Å². The lowest BCUT2D eigenvalue weighted by molar-refractivity contribution is 0.526.